The van der Waals surface area contributed by atoms with Crippen molar-refractivity contribution in [1.82, 2.24) is 5.32 Å². The maximum atomic E-state index is 12.7. The van der Waals surface area contributed by atoms with Crippen LogP contribution >= 0.6 is 0 Å². The van der Waals surface area contributed by atoms with Gasteiger partial charge in [0, 0.05) is 18.7 Å². The molecule has 28 heavy (non-hydrogen) atoms. The first-order valence-electron chi connectivity index (χ1n) is 9.80. The summed E-state index contributed by atoms with van der Waals surface area (Å²) in [5.41, 5.74) is 1.93. The lowest BCUT2D eigenvalue weighted by molar-refractivity contribution is -0.127. The normalized spacial score (nSPS) is 21.6. The molecule has 1 saturated carbocycles. The van der Waals surface area contributed by atoms with Gasteiger partial charge >= 0.3 is 0 Å². The van der Waals surface area contributed by atoms with E-state index in [9.17, 15) is 14.7 Å². The predicted octanol–water partition coefficient (Wildman–Crippen LogP) is 2.66. The van der Waals surface area contributed by atoms with Crippen LogP contribution in [0.3, 0.4) is 0 Å². The lowest BCUT2D eigenvalue weighted by Gasteiger charge is -2.27. The van der Waals surface area contributed by atoms with Gasteiger partial charge in [0.15, 0.2) is 0 Å². The highest BCUT2D eigenvalue weighted by atomic mass is 16.4. The Balaban J connectivity index is 1.41. The molecule has 1 aliphatic heterocycles. The zero-order valence-corrected chi connectivity index (χ0v) is 16.3. The summed E-state index contributed by atoms with van der Waals surface area (Å²) in [5, 5.41) is 13.9. The van der Waals surface area contributed by atoms with Crippen molar-refractivity contribution >= 4 is 17.5 Å². The summed E-state index contributed by atoms with van der Waals surface area (Å²) in [6.07, 6.45) is 3.54. The summed E-state index contributed by atoms with van der Waals surface area (Å²) in [4.78, 5) is 26.9. The van der Waals surface area contributed by atoms with Gasteiger partial charge < -0.3 is 19.7 Å². The van der Waals surface area contributed by atoms with Gasteiger partial charge in [-0.25, -0.2) is 0 Å². The second kappa shape index (κ2) is 7.09. The van der Waals surface area contributed by atoms with Gasteiger partial charge in [-0.3, -0.25) is 9.59 Å². The minimum atomic E-state index is -1.18. The quantitative estimate of drug-likeness (QED) is 0.805. The summed E-state index contributed by atoms with van der Waals surface area (Å²) >= 11 is 0. The molecular formula is C22H26N2O4. The monoisotopic (exact) mass is 382 g/mol. The molecule has 0 bridgehead atoms. The number of nitrogens with one attached hydrogen (secondary N) is 1. The second-order valence-corrected chi connectivity index (χ2v) is 8.07. The number of amides is 2. The lowest BCUT2D eigenvalue weighted by atomic mass is 9.94. The molecule has 2 N–H and O–H groups in total. The van der Waals surface area contributed by atoms with E-state index in [1.807, 2.05) is 32.0 Å². The Labute approximate surface area is 164 Å². The number of carbonyl (C=O) groups is 2. The van der Waals surface area contributed by atoms with E-state index in [1.165, 1.54) is 11.8 Å². The van der Waals surface area contributed by atoms with Gasteiger partial charge in [-0.1, -0.05) is 6.07 Å². The number of rotatable bonds is 6. The number of aryl methyl sites for hydroxylation is 2. The Morgan fingerprint density at radius 2 is 2.07 bits per heavy atom. The Morgan fingerprint density at radius 3 is 2.71 bits per heavy atom. The zero-order chi connectivity index (χ0) is 19.9. The number of furan rings is 1. The number of carbonyl (C=O) groups excluding carboxylic acids is 2. The molecule has 148 valence electrons. The SMILES string of the molecule is Cc1ccc(N2C[C@@H](C(=O)NC[C@](O)(c3ccco3)C3CC3)CC2=O)cc1C. The number of nitrogens with zero attached hydrogens (tertiary/aromatic N) is 1. The van der Waals surface area contributed by atoms with E-state index >= 15 is 0 Å². The van der Waals surface area contributed by atoms with Crippen molar-refractivity contribution in [3.63, 3.8) is 0 Å². The van der Waals surface area contributed by atoms with Crippen LogP contribution in [0.1, 0.15) is 36.1 Å². The standard InChI is InChI=1S/C22H26N2O4/c1-14-5-8-18(10-15(14)2)24-12-16(11-20(24)25)21(26)23-13-22(27,17-6-7-17)19-4-3-9-28-19/h3-5,8-10,16-17,27H,6-7,11-13H2,1-2H3,(H,23,26)/t16-,22+/m0/s1. The molecule has 0 spiro atoms. The first-order chi connectivity index (χ1) is 13.4. The smallest absolute Gasteiger partial charge is 0.227 e. The molecule has 1 saturated heterocycles. The Kier molecular flexibility index (Phi) is 4.75. The van der Waals surface area contributed by atoms with Crippen LogP contribution < -0.4 is 10.2 Å². The molecule has 2 atom stereocenters. The molecule has 1 aromatic carbocycles. The molecule has 6 nitrogen and oxygen atoms in total. The average molecular weight is 382 g/mol. The fraction of sp³-hybridized carbons (Fsp3) is 0.455. The summed E-state index contributed by atoms with van der Waals surface area (Å²) in [6.45, 7) is 4.49. The molecule has 0 radical (unpaired) electrons. The lowest BCUT2D eigenvalue weighted by Crippen LogP contribution is -2.44. The fourth-order valence-corrected chi connectivity index (χ4v) is 3.91. The largest absolute Gasteiger partial charge is 0.466 e. The van der Waals surface area contributed by atoms with Crippen molar-refractivity contribution in [2.45, 2.75) is 38.7 Å². The molecule has 1 aliphatic carbocycles. The van der Waals surface area contributed by atoms with Gasteiger partial charge in [0.2, 0.25) is 11.8 Å². The highest BCUT2D eigenvalue weighted by molar-refractivity contribution is 6.00. The van der Waals surface area contributed by atoms with Crippen LogP contribution in [0.25, 0.3) is 0 Å². The van der Waals surface area contributed by atoms with E-state index in [1.54, 1.807) is 17.0 Å². The Hall–Kier alpha value is -2.60. The second-order valence-electron chi connectivity index (χ2n) is 8.07. The van der Waals surface area contributed by atoms with Crippen LogP contribution in [0.5, 0.6) is 0 Å². The first-order valence-corrected chi connectivity index (χ1v) is 9.80. The van der Waals surface area contributed by atoms with Crippen LogP contribution in [-0.4, -0.2) is 30.0 Å². The molecule has 2 aromatic rings. The summed E-state index contributed by atoms with van der Waals surface area (Å²) in [7, 11) is 0. The average Bonchev–Trinajstić information content (AvgIpc) is 3.24. The van der Waals surface area contributed by atoms with Crippen LogP contribution in [-0.2, 0) is 15.2 Å². The third-order valence-corrected chi connectivity index (χ3v) is 6.03. The van der Waals surface area contributed by atoms with Gasteiger partial charge in [0.1, 0.15) is 11.4 Å². The third-order valence-electron chi connectivity index (χ3n) is 6.03. The highest BCUT2D eigenvalue weighted by Crippen LogP contribution is 2.45. The number of anilines is 1. The van der Waals surface area contributed by atoms with E-state index in [-0.39, 0.29) is 30.7 Å². The van der Waals surface area contributed by atoms with E-state index < -0.39 is 11.5 Å². The molecular weight excluding hydrogens is 356 g/mol. The molecule has 2 fully saturated rings. The predicted molar refractivity (Wildman–Crippen MR) is 105 cm³/mol. The Morgan fingerprint density at radius 1 is 1.29 bits per heavy atom. The van der Waals surface area contributed by atoms with Gasteiger partial charge in [-0.05, 0) is 68.0 Å². The number of benzene rings is 1. The van der Waals surface area contributed by atoms with Crippen molar-refractivity contribution in [2.75, 3.05) is 18.0 Å². The fourth-order valence-electron chi connectivity index (χ4n) is 3.91. The number of aliphatic hydroxyl groups is 1. The van der Waals surface area contributed by atoms with Crippen LogP contribution in [0, 0.1) is 25.7 Å². The van der Waals surface area contributed by atoms with Crippen LogP contribution in [0.2, 0.25) is 0 Å². The zero-order valence-electron chi connectivity index (χ0n) is 16.3. The molecule has 2 aliphatic rings. The summed E-state index contributed by atoms with van der Waals surface area (Å²) < 4.78 is 5.41. The minimum Gasteiger partial charge on any atom is -0.466 e. The maximum Gasteiger partial charge on any atom is 0.227 e. The number of hydrogen-bond acceptors (Lipinski definition) is 4. The summed E-state index contributed by atoms with van der Waals surface area (Å²) in [6, 6.07) is 9.37. The van der Waals surface area contributed by atoms with Crippen LogP contribution in [0.4, 0.5) is 5.69 Å². The van der Waals surface area contributed by atoms with Crippen molar-refractivity contribution in [1.29, 1.82) is 0 Å². The minimum absolute atomic E-state index is 0.0492. The van der Waals surface area contributed by atoms with E-state index in [2.05, 4.69) is 5.32 Å². The molecule has 6 heteroatoms. The number of hydrogen-bond donors (Lipinski definition) is 2. The first kappa shape index (κ1) is 18.7. The van der Waals surface area contributed by atoms with Gasteiger partial charge in [-0.2, -0.15) is 0 Å². The Bertz CT molecular complexity index is 888. The summed E-state index contributed by atoms with van der Waals surface area (Å²) in [5.74, 6) is -0.0999. The molecule has 2 heterocycles. The van der Waals surface area contributed by atoms with Crippen molar-refractivity contribution in [3.05, 3.63) is 53.5 Å². The molecule has 4 rings (SSSR count). The van der Waals surface area contributed by atoms with E-state index in [0.29, 0.717) is 12.3 Å². The van der Waals surface area contributed by atoms with Gasteiger partial charge in [0.05, 0.1) is 18.7 Å². The van der Waals surface area contributed by atoms with Crippen LogP contribution in [0.15, 0.2) is 41.0 Å². The highest BCUT2D eigenvalue weighted by Gasteiger charge is 2.48. The van der Waals surface area contributed by atoms with Crippen molar-refractivity contribution < 1.29 is 19.1 Å². The molecule has 2 amide bonds. The molecule has 1 aromatic heterocycles. The maximum absolute atomic E-state index is 12.7. The van der Waals surface area contributed by atoms with Crippen molar-refractivity contribution in [3.8, 4) is 0 Å². The van der Waals surface area contributed by atoms with E-state index in [0.717, 1.165) is 24.1 Å². The van der Waals surface area contributed by atoms with E-state index in [4.69, 9.17) is 4.42 Å². The molecule has 0 unspecified atom stereocenters. The van der Waals surface area contributed by atoms with Gasteiger partial charge in [-0.15, -0.1) is 0 Å². The van der Waals surface area contributed by atoms with Crippen molar-refractivity contribution in [2.24, 2.45) is 11.8 Å². The topological polar surface area (TPSA) is 82.8 Å². The third kappa shape index (κ3) is 3.44. The van der Waals surface area contributed by atoms with Gasteiger partial charge in [0.25, 0.3) is 0 Å².